The first-order valence-corrected chi connectivity index (χ1v) is 10.2. The zero-order chi connectivity index (χ0) is 21.1. The van der Waals surface area contributed by atoms with Crippen LogP contribution in [0.25, 0.3) is 32.3 Å². The Kier molecular flexibility index (Phi) is 4.08. The van der Waals surface area contributed by atoms with Crippen molar-refractivity contribution in [3.63, 3.8) is 0 Å². The maximum absolute atomic E-state index is 7.65. The number of rotatable bonds is 2. The molecular weight excluding hydrogens is 371 g/mol. The van der Waals surface area contributed by atoms with E-state index in [0.717, 1.165) is 22.2 Å². The third kappa shape index (κ3) is 2.76. The van der Waals surface area contributed by atoms with E-state index < -0.39 is 18.3 Å². The molecule has 4 aromatic rings. The average molecular weight is 394 g/mol. The molecule has 3 aromatic carbocycles. The van der Waals surface area contributed by atoms with Crippen LogP contribution >= 0.6 is 0 Å². The van der Waals surface area contributed by atoms with Gasteiger partial charge in [-0.15, -0.1) is 0 Å². The maximum Gasteiger partial charge on any atom is 0.493 e. The van der Waals surface area contributed by atoms with Gasteiger partial charge in [0.2, 0.25) is 0 Å². The highest BCUT2D eigenvalue weighted by Crippen LogP contribution is 2.37. The molecule has 1 aliphatic rings. The SMILES string of the molecule is [C-]#[N+]c1cc(B2OC(C)(C)C(C)(C)O2)cc(-n2c3ccccc3c3ccccc32)c1. The molecule has 0 atom stereocenters. The van der Waals surface area contributed by atoms with E-state index >= 15 is 0 Å². The van der Waals surface area contributed by atoms with Crippen molar-refractivity contribution in [1.29, 1.82) is 0 Å². The lowest BCUT2D eigenvalue weighted by Crippen LogP contribution is -2.41. The second-order valence-corrected chi connectivity index (χ2v) is 8.85. The van der Waals surface area contributed by atoms with Gasteiger partial charge < -0.3 is 13.9 Å². The van der Waals surface area contributed by atoms with Crippen molar-refractivity contribution in [3.05, 3.63) is 78.1 Å². The van der Waals surface area contributed by atoms with Crippen molar-refractivity contribution in [2.45, 2.75) is 38.9 Å². The van der Waals surface area contributed by atoms with Crippen molar-refractivity contribution in [2.24, 2.45) is 0 Å². The number of fused-ring (bicyclic) bond motifs is 3. The van der Waals surface area contributed by atoms with E-state index in [1.54, 1.807) is 0 Å². The van der Waals surface area contributed by atoms with Gasteiger partial charge in [-0.05, 0) is 57.4 Å². The average Bonchev–Trinajstić information content (AvgIpc) is 3.18. The van der Waals surface area contributed by atoms with Crippen molar-refractivity contribution in [1.82, 2.24) is 4.57 Å². The van der Waals surface area contributed by atoms with E-state index in [9.17, 15) is 0 Å². The monoisotopic (exact) mass is 394 g/mol. The van der Waals surface area contributed by atoms with Crippen molar-refractivity contribution in [3.8, 4) is 5.69 Å². The van der Waals surface area contributed by atoms with E-state index in [0.29, 0.717) is 5.69 Å². The highest BCUT2D eigenvalue weighted by molar-refractivity contribution is 6.62. The van der Waals surface area contributed by atoms with Crippen LogP contribution in [-0.4, -0.2) is 22.9 Å². The fourth-order valence-electron chi connectivity index (χ4n) is 4.13. The minimum atomic E-state index is -0.511. The summed E-state index contributed by atoms with van der Waals surface area (Å²) in [6.45, 7) is 15.8. The van der Waals surface area contributed by atoms with Gasteiger partial charge in [-0.3, -0.25) is 0 Å². The zero-order valence-corrected chi connectivity index (χ0v) is 17.6. The third-order valence-corrected chi connectivity index (χ3v) is 6.42. The normalized spacial score (nSPS) is 17.5. The van der Waals surface area contributed by atoms with E-state index in [-0.39, 0.29) is 0 Å². The largest absolute Gasteiger partial charge is 0.493 e. The molecule has 1 aliphatic heterocycles. The molecule has 0 amide bonds. The zero-order valence-electron chi connectivity index (χ0n) is 17.6. The smallest absolute Gasteiger partial charge is 0.399 e. The molecule has 0 unspecified atom stereocenters. The molecule has 0 spiro atoms. The van der Waals surface area contributed by atoms with Crippen molar-refractivity contribution >= 4 is 40.1 Å². The van der Waals surface area contributed by atoms with Gasteiger partial charge in [0.15, 0.2) is 5.69 Å². The summed E-state index contributed by atoms with van der Waals surface area (Å²) < 4.78 is 14.7. The molecule has 0 aliphatic carbocycles. The molecule has 0 bridgehead atoms. The van der Waals surface area contributed by atoms with Gasteiger partial charge in [0.25, 0.3) is 0 Å². The first kappa shape index (κ1) is 18.9. The second kappa shape index (κ2) is 6.47. The number of hydrogen-bond donors (Lipinski definition) is 0. The molecule has 0 saturated carbocycles. The third-order valence-electron chi connectivity index (χ3n) is 6.42. The van der Waals surface area contributed by atoms with Crippen LogP contribution in [-0.2, 0) is 9.31 Å². The summed E-state index contributed by atoms with van der Waals surface area (Å²) in [4.78, 5) is 3.73. The Hall–Kier alpha value is -3.07. The van der Waals surface area contributed by atoms with Crippen LogP contribution in [0.4, 0.5) is 5.69 Å². The first-order chi connectivity index (χ1) is 14.3. The Morgan fingerprint density at radius 3 is 1.87 bits per heavy atom. The van der Waals surface area contributed by atoms with Crippen molar-refractivity contribution < 1.29 is 9.31 Å². The lowest BCUT2D eigenvalue weighted by Gasteiger charge is -2.32. The fourth-order valence-corrected chi connectivity index (χ4v) is 4.13. The van der Waals surface area contributed by atoms with Gasteiger partial charge in [0, 0.05) is 16.5 Å². The molecule has 1 fully saturated rings. The van der Waals surface area contributed by atoms with E-state index in [1.165, 1.54) is 10.8 Å². The van der Waals surface area contributed by atoms with Gasteiger partial charge in [-0.1, -0.05) is 42.5 Å². The number of para-hydroxylation sites is 2. The van der Waals surface area contributed by atoms with Crippen molar-refractivity contribution in [2.75, 3.05) is 0 Å². The van der Waals surface area contributed by atoms with Gasteiger partial charge in [0.05, 0.1) is 28.8 Å². The summed E-state index contributed by atoms with van der Waals surface area (Å²) in [6.07, 6.45) is 0. The lowest BCUT2D eigenvalue weighted by atomic mass is 9.78. The van der Waals surface area contributed by atoms with Crippen LogP contribution in [0.2, 0.25) is 0 Å². The highest BCUT2D eigenvalue weighted by atomic mass is 16.7. The van der Waals surface area contributed by atoms with Gasteiger partial charge in [0.1, 0.15) is 0 Å². The van der Waals surface area contributed by atoms with Crippen LogP contribution in [0.5, 0.6) is 0 Å². The molecule has 5 rings (SSSR count). The molecule has 0 N–H and O–H groups in total. The van der Waals surface area contributed by atoms with E-state index in [2.05, 4.69) is 51.9 Å². The standard InChI is InChI=1S/C25H23BN2O2/c1-24(2)25(3,4)30-26(29-24)17-14-18(27-5)16-19(15-17)28-22-12-8-6-10-20(22)21-11-7-9-13-23(21)28/h6-16H,1-4H3. The van der Waals surface area contributed by atoms with Crippen LogP contribution < -0.4 is 5.46 Å². The molecule has 5 heteroatoms. The Bertz CT molecular complexity index is 1260. The fraction of sp³-hybridized carbons (Fsp3) is 0.240. The maximum atomic E-state index is 7.65. The predicted octanol–water partition coefficient (Wildman–Crippen LogP) is 5.63. The minimum absolute atomic E-state index is 0.432. The second-order valence-electron chi connectivity index (χ2n) is 8.85. The predicted molar refractivity (Wildman–Crippen MR) is 123 cm³/mol. The Balaban J connectivity index is 1.74. The number of nitrogens with zero attached hydrogens (tertiary/aromatic N) is 2. The van der Waals surface area contributed by atoms with Gasteiger partial charge >= 0.3 is 7.12 Å². The Labute approximate surface area is 177 Å². The molecule has 1 aromatic heterocycles. The Morgan fingerprint density at radius 1 is 0.800 bits per heavy atom. The number of aromatic nitrogens is 1. The van der Waals surface area contributed by atoms with E-state index in [1.807, 2.05) is 52.0 Å². The summed E-state index contributed by atoms with van der Waals surface area (Å²) in [7, 11) is -0.511. The quantitative estimate of drug-likeness (QED) is 0.325. The van der Waals surface area contributed by atoms with E-state index in [4.69, 9.17) is 15.9 Å². The first-order valence-electron chi connectivity index (χ1n) is 10.2. The summed E-state index contributed by atoms with van der Waals surface area (Å²) >= 11 is 0. The topological polar surface area (TPSA) is 27.8 Å². The molecule has 30 heavy (non-hydrogen) atoms. The molecule has 148 valence electrons. The molecule has 0 radical (unpaired) electrons. The summed E-state index contributed by atoms with van der Waals surface area (Å²) in [5.74, 6) is 0. The number of hydrogen-bond acceptors (Lipinski definition) is 2. The van der Waals surface area contributed by atoms with Crippen LogP contribution in [0, 0.1) is 6.57 Å². The molecule has 4 nitrogen and oxygen atoms in total. The van der Waals surface area contributed by atoms with Gasteiger partial charge in [-0.2, -0.15) is 0 Å². The van der Waals surface area contributed by atoms with Crippen LogP contribution in [0.1, 0.15) is 27.7 Å². The van der Waals surface area contributed by atoms with Crippen LogP contribution in [0.15, 0.2) is 66.7 Å². The number of benzene rings is 3. The Morgan fingerprint density at radius 2 is 1.33 bits per heavy atom. The lowest BCUT2D eigenvalue weighted by molar-refractivity contribution is 0.00578. The summed E-state index contributed by atoms with van der Waals surface area (Å²) in [5.41, 5.74) is 3.72. The summed E-state index contributed by atoms with van der Waals surface area (Å²) in [6, 6.07) is 22.6. The molecule has 2 heterocycles. The summed E-state index contributed by atoms with van der Waals surface area (Å²) in [5, 5.41) is 2.39. The minimum Gasteiger partial charge on any atom is -0.399 e. The highest BCUT2D eigenvalue weighted by Gasteiger charge is 2.51. The van der Waals surface area contributed by atoms with Crippen LogP contribution in [0.3, 0.4) is 0 Å². The molecule has 1 saturated heterocycles. The molecular formula is C25H23BN2O2. The van der Waals surface area contributed by atoms with Gasteiger partial charge in [-0.25, -0.2) is 4.85 Å².